The zero-order valence-corrected chi connectivity index (χ0v) is 12.6. The fourth-order valence-electron chi connectivity index (χ4n) is 4.52. The highest BCUT2D eigenvalue weighted by Crippen LogP contribution is 2.57. The molecule has 3 unspecified atom stereocenters. The van der Waals surface area contributed by atoms with Crippen molar-refractivity contribution in [2.45, 2.75) is 52.0 Å². The van der Waals surface area contributed by atoms with Gasteiger partial charge in [-0.05, 0) is 63.5 Å². The average Bonchev–Trinajstić information content (AvgIpc) is 3.09. The number of fused-ring (bicyclic) bond motifs is 1. The average molecular weight is 257 g/mol. The normalized spacial score (nSPS) is 30.8. The van der Waals surface area contributed by atoms with Crippen LogP contribution in [0, 0.1) is 31.6 Å². The molecule has 0 saturated heterocycles. The Hall–Kier alpha value is -0.820. The fourth-order valence-corrected chi connectivity index (χ4v) is 4.52. The van der Waals surface area contributed by atoms with Gasteiger partial charge in [0.25, 0.3) is 0 Å². The highest BCUT2D eigenvalue weighted by atomic mass is 14.9. The van der Waals surface area contributed by atoms with Crippen molar-refractivity contribution in [2.24, 2.45) is 17.8 Å². The summed E-state index contributed by atoms with van der Waals surface area (Å²) in [4.78, 5) is 0. The summed E-state index contributed by atoms with van der Waals surface area (Å²) in [5.74, 6) is 3.03. The predicted molar refractivity (Wildman–Crippen MR) is 81.4 cm³/mol. The fraction of sp³-hybridized carbons (Fsp3) is 0.667. The van der Waals surface area contributed by atoms with Crippen molar-refractivity contribution in [3.8, 4) is 0 Å². The van der Waals surface area contributed by atoms with Crippen LogP contribution in [0.15, 0.2) is 18.2 Å². The molecular weight excluding hydrogens is 230 g/mol. The van der Waals surface area contributed by atoms with Gasteiger partial charge in [-0.25, -0.2) is 0 Å². The third-order valence-corrected chi connectivity index (χ3v) is 5.30. The van der Waals surface area contributed by atoms with E-state index in [9.17, 15) is 0 Å². The van der Waals surface area contributed by atoms with Crippen LogP contribution in [0.5, 0.6) is 0 Å². The van der Waals surface area contributed by atoms with Crippen LogP contribution in [0.4, 0.5) is 0 Å². The first-order valence-electron chi connectivity index (χ1n) is 7.93. The van der Waals surface area contributed by atoms with Crippen LogP contribution in [0.1, 0.15) is 42.4 Å². The first kappa shape index (κ1) is 13.2. The Balaban J connectivity index is 1.70. The zero-order chi connectivity index (χ0) is 13.4. The van der Waals surface area contributed by atoms with Crippen molar-refractivity contribution < 1.29 is 0 Å². The molecule has 19 heavy (non-hydrogen) atoms. The highest BCUT2D eigenvalue weighted by molar-refractivity contribution is 5.29. The summed E-state index contributed by atoms with van der Waals surface area (Å²) in [5.41, 5.74) is 4.32. The third-order valence-electron chi connectivity index (χ3n) is 5.30. The standard InChI is InChI=1S/C18H27N/c1-12-8-13(2)10-14(9-12)11-17(19-3)18-15-6-4-5-7-16(15)18/h8-10,15-19H,4-7,11H2,1-3H3. The van der Waals surface area contributed by atoms with Gasteiger partial charge in [-0.2, -0.15) is 0 Å². The van der Waals surface area contributed by atoms with Crippen LogP contribution in [0.3, 0.4) is 0 Å². The molecule has 1 aromatic carbocycles. The first-order valence-corrected chi connectivity index (χ1v) is 7.93. The molecule has 0 radical (unpaired) electrons. The molecule has 0 bridgehead atoms. The van der Waals surface area contributed by atoms with Gasteiger partial charge in [0.15, 0.2) is 0 Å². The van der Waals surface area contributed by atoms with Gasteiger partial charge in [0.1, 0.15) is 0 Å². The number of benzene rings is 1. The van der Waals surface area contributed by atoms with Crippen molar-refractivity contribution in [1.29, 1.82) is 0 Å². The molecule has 1 nitrogen and oxygen atoms in total. The number of hydrogen-bond acceptors (Lipinski definition) is 1. The van der Waals surface area contributed by atoms with Crippen LogP contribution < -0.4 is 5.32 Å². The van der Waals surface area contributed by atoms with Crippen LogP contribution in [-0.4, -0.2) is 13.1 Å². The molecule has 1 N–H and O–H groups in total. The SMILES string of the molecule is CNC(Cc1cc(C)cc(C)c1)C1C2CCCCC21. The molecule has 0 aromatic heterocycles. The minimum absolute atomic E-state index is 0.689. The molecule has 2 saturated carbocycles. The third kappa shape index (κ3) is 2.72. The highest BCUT2D eigenvalue weighted by Gasteiger charge is 2.53. The molecule has 0 spiro atoms. The number of likely N-dealkylation sites (N-methyl/N-ethyl adjacent to an activating group) is 1. The molecule has 3 atom stereocenters. The smallest absolute Gasteiger partial charge is 0.0138 e. The van der Waals surface area contributed by atoms with Gasteiger partial charge in [0.2, 0.25) is 0 Å². The van der Waals surface area contributed by atoms with Crippen LogP contribution >= 0.6 is 0 Å². The van der Waals surface area contributed by atoms with Crippen molar-refractivity contribution in [3.63, 3.8) is 0 Å². The number of rotatable bonds is 4. The van der Waals surface area contributed by atoms with Crippen LogP contribution in [0.25, 0.3) is 0 Å². The summed E-state index contributed by atoms with van der Waals surface area (Å²) < 4.78 is 0. The van der Waals surface area contributed by atoms with Gasteiger partial charge in [-0.3, -0.25) is 0 Å². The Morgan fingerprint density at radius 1 is 1.05 bits per heavy atom. The summed E-state index contributed by atoms with van der Waals surface area (Å²) in [7, 11) is 2.15. The second-order valence-corrected chi connectivity index (χ2v) is 6.78. The van der Waals surface area contributed by atoms with Gasteiger partial charge >= 0.3 is 0 Å². The van der Waals surface area contributed by atoms with Crippen LogP contribution in [-0.2, 0) is 6.42 Å². The van der Waals surface area contributed by atoms with E-state index in [0.717, 1.165) is 17.8 Å². The topological polar surface area (TPSA) is 12.0 Å². The minimum Gasteiger partial charge on any atom is -0.316 e. The van der Waals surface area contributed by atoms with Gasteiger partial charge in [-0.15, -0.1) is 0 Å². The van der Waals surface area contributed by atoms with E-state index in [-0.39, 0.29) is 0 Å². The summed E-state index contributed by atoms with van der Waals surface area (Å²) in [6.45, 7) is 4.42. The molecule has 0 amide bonds. The molecule has 3 rings (SSSR count). The Kier molecular flexibility index (Phi) is 3.66. The monoisotopic (exact) mass is 257 g/mol. The van der Waals surface area contributed by atoms with E-state index in [1.807, 2.05) is 0 Å². The van der Waals surface area contributed by atoms with E-state index in [2.05, 4.69) is 44.4 Å². The van der Waals surface area contributed by atoms with E-state index < -0.39 is 0 Å². The lowest BCUT2D eigenvalue weighted by Gasteiger charge is -2.17. The number of aryl methyl sites for hydroxylation is 2. The van der Waals surface area contributed by atoms with Crippen LogP contribution in [0.2, 0.25) is 0 Å². The molecular formula is C18H27N. The molecule has 0 aliphatic heterocycles. The van der Waals surface area contributed by atoms with Gasteiger partial charge in [-0.1, -0.05) is 42.2 Å². The van der Waals surface area contributed by atoms with Gasteiger partial charge in [0.05, 0.1) is 0 Å². The van der Waals surface area contributed by atoms with Crippen molar-refractivity contribution in [1.82, 2.24) is 5.32 Å². The lowest BCUT2D eigenvalue weighted by molar-refractivity contribution is 0.460. The van der Waals surface area contributed by atoms with E-state index in [0.29, 0.717) is 6.04 Å². The lowest BCUT2D eigenvalue weighted by Crippen LogP contribution is -2.31. The molecule has 1 heteroatoms. The quantitative estimate of drug-likeness (QED) is 0.863. The molecule has 104 valence electrons. The minimum atomic E-state index is 0.689. The first-order chi connectivity index (χ1) is 9.19. The largest absolute Gasteiger partial charge is 0.316 e. The maximum Gasteiger partial charge on any atom is 0.0138 e. The van der Waals surface area contributed by atoms with Gasteiger partial charge < -0.3 is 5.32 Å². The van der Waals surface area contributed by atoms with E-state index >= 15 is 0 Å². The maximum absolute atomic E-state index is 3.61. The van der Waals surface area contributed by atoms with E-state index in [1.54, 1.807) is 0 Å². The Morgan fingerprint density at radius 2 is 1.63 bits per heavy atom. The summed E-state index contributed by atoms with van der Waals surface area (Å²) in [6, 6.07) is 7.69. The van der Waals surface area contributed by atoms with Crippen molar-refractivity contribution >= 4 is 0 Å². The van der Waals surface area contributed by atoms with E-state index in [1.165, 1.54) is 48.8 Å². The zero-order valence-electron chi connectivity index (χ0n) is 12.6. The molecule has 0 heterocycles. The van der Waals surface area contributed by atoms with Crippen molar-refractivity contribution in [2.75, 3.05) is 7.05 Å². The van der Waals surface area contributed by atoms with Gasteiger partial charge in [0, 0.05) is 6.04 Å². The number of hydrogen-bond donors (Lipinski definition) is 1. The van der Waals surface area contributed by atoms with E-state index in [4.69, 9.17) is 0 Å². The summed E-state index contributed by atoms with van der Waals surface area (Å²) >= 11 is 0. The molecule has 2 fully saturated rings. The summed E-state index contributed by atoms with van der Waals surface area (Å²) in [6.07, 6.45) is 7.12. The molecule has 1 aromatic rings. The Bertz CT molecular complexity index is 419. The molecule has 2 aliphatic rings. The maximum atomic E-state index is 3.61. The number of nitrogens with one attached hydrogen (secondary N) is 1. The Morgan fingerprint density at radius 3 is 2.16 bits per heavy atom. The molecule has 2 aliphatic carbocycles. The second kappa shape index (κ2) is 5.28. The predicted octanol–water partition coefficient (Wildman–Crippen LogP) is 3.87. The van der Waals surface area contributed by atoms with Crippen molar-refractivity contribution in [3.05, 3.63) is 34.9 Å². The summed E-state index contributed by atoms with van der Waals surface area (Å²) in [5, 5.41) is 3.61. The Labute approximate surface area is 117 Å². The lowest BCUT2D eigenvalue weighted by atomic mass is 9.97. The second-order valence-electron chi connectivity index (χ2n) is 6.78.